The van der Waals surface area contributed by atoms with E-state index in [4.69, 9.17) is 5.11 Å². The number of aromatic nitrogens is 3. The molecule has 82 valence electrons. The van der Waals surface area contributed by atoms with E-state index in [2.05, 4.69) is 10.1 Å². The lowest BCUT2D eigenvalue weighted by Crippen LogP contribution is -2.15. The third-order valence-electron chi connectivity index (χ3n) is 2.07. The number of pyridine rings is 1. The monoisotopic (exact) mass is 219 g/mol. The summed E-state index contributed by atoms with van der Waals surface area (Å²) < 4.78 is 1.20. The van der Waals surface area contributed by atoms with Gasteiger partial charge in [0.2, 0.25) is 0 Å². The van der Waals surface area contributed by atoms with Crippen LogP contribution in [0.25, 0.3) is 5.82 Å². The molecule has 0 fully saturated rings. The summed E-state index contributed by atoms with van der Waals surface area (Å²) in [6, 6.07) is 4.11. The van der Waals surface area contributed by atoms with Crippen LogP contribution in [0.2, 0.25) is 0 Å². The maximum absolute atomic E-state index is 11.5. The van der Waals surface area contributed by atoms with Crippen molar-refractivity contribution in [1.82, 2.24) is 14.8 Å². The number of carbonyl (C=O) groups is 1. The Hall–Kier alpha value is -2.37. The Kier molecular flexibility index (Phi) is 2.32. The lowest BCUT2D eigenvalue weighted by Gasteiger charge is -2.01. The van der Waals surface area contributed by atoms with Gasteiger partial charge in [0.05, 0.1) is 5.56 Å². The summed E-state index contributed by atoms with van der Waals surface area (Å²) in [6.07, 6.45) is 1.35. The van der Waals surface area contributed by atoms with Gasteiger partial charge in [-0.2, -0.15) is 0 Å². The van der Waals surface area contributed by atoms with Crippen molar-refractivity contribution in [3.8, 4) is 5.82 Å². The molecular formula is C10H9N3O3. The number of nitrogens with zero attached hydrogens (tertiary/aromatic N) is 2. The van der Waals surface area contributed by atoms with Gasteiger partial charge in [-0.25, -0.2) is 14.5 Å². The van der Waals surface area contributed by atoms with E-state index >= 15 is 0 Å². The van der Waals surface area contributed by atoms with Gasteiger partial charge in [0, 0.05) is 18.0 Å². The fourth-order valence-electron chi connectivity index (χ4n) is 1.36. The van der Waals surface area contributed by atoms with E-state index in [0.717, 1.165) is 0 Å². The van der Waals surface area contributed by atoms with Crippen molar-refractivity contribution in [3.05, 3.63) is 46.0 Å². The van der Waals surface area contributed by atoms with E-state index in [1.807, 2.05) is 0 Å². The van der Waals surface area contributed by atoms with Crippen LogP contribution in [0.5, 0.6) is 0 Å². The highest BCUT2D eigenvalue weighted by molar-refractivity contribution is 5.87. The van der Waals surface area contributed by atoms with E-state index in [9.17, 15) is 9.59 Å². The largest absolute Gasteiger partial charge is 0.478 e. The van der Waals surface area contributed by atoms with Crippen LogP contribution in [0.1, 0.15) is 16.1 Å². The van der Waals surface area contributed by atoms with Crippen LogP contribution in [0.15, 0.2) is 29.2 Å². The van der Waals surface area contributed by atoms with Gasteiger partial charge in [-0.3, -0.25) is 9.89 Å². The van der Waals surface area contributed by atoms with Crippen LogP contribution in [0, 0.1) is 6.92 Å². The number of aryl methyl sites for hydroxylation is 1. The zero-order valence-electron chi connectivity index (χ0n) is 8.47. The van der Waals surface area contributed by atoms with E-state index in [0.29, 0.717) is 5.69 Å². The molecule has 0 aromatic carbocycles. The van der Waals surface area contributed by atoms with Gasteiger partial charge in [-0.05, 0) is 19.1 Å². The van der Waals surface area contributed by atoms with Gasteiger partial charge in [0.1, 0.15) is 0 Å². The van der Waals surface area contributed by atoms with Crippen molar-refractivity contribution >= 4 is 5.97 Å². The van der Waals surface area contributed by atoms with Crippen LogP contribution >= 0.6 is 0 Å². The lowest BCUT2D eigenvalue weighted by atomic mass is 10.3. The summed E-state index contributed by atoms with van der Waals surface area (Å²) in [5, 5.41) is 11.6. The fourth-order valence-corrected chi connectivity index (χ4v) is 1.36. The first-order valence-electron chi connectivity index (χ1n) is 4.56. The molecular weight excluding hydrogens is 210 g/mol. The van der Waals surface area contributed by atoms with Gasteiger partial charge in [0.25, 0.3) is 5.56 Å². The minimum atomic E-state index is -1.06. The summed E-state index contributed by atoms with van der Waals surface area (Å²) >= 11 is 0. The Morgan fingerprint density at radius 3 is 2.81 bits per heavy atom. The van der Waals surface area contributed by atoms with Crippen LogP contribution in [0.3, 0.4) is 0 Å². The van der Waals surface area contributed by atoms with Gasteiger partial charge in [-0.1, -0.05) is 0 Å². The molecule has 0 radical (unpaired) electrons. The molecule has 2 aromatic rings. The SMILES string of the molecule is Cc1cc(=O)n(-c2cc(C(=O)O)ccn2)[nH]1. The molecule has 0 spiro atoms. The van der Waals surface area contributed by atoms with Crippen LogP contribution < -0.4 is 5.56 Å². The standard InChI is InChI=1S/C10H9N3O3/c1-6-4-9(14)13(12-6)8-5-7(10(15)16)2-3-11-8/h2-5,12H,1H3,(H,15,16). The first-order valence-corrected chi connectivity index (χ1v) is 4.56. The van der Waals surface area contributed by atoms with Crippen molar-refractivity contribution in [2.45, 2.75) is 6.92 Å². The number of carboxylic acids is 1. The number of hydrogen-bond acceptors (Lipinski definition) is 3. The predicted octanol–water partition coefficient (Wildman–Crippen LogP) is 0.567. The molecule has 0 amide bonds. The summed E-state index contributed by atoms with van der Waals surface area (Å²) in [5.74, 6) is -0.794. The molecule has 0 unspecified atom stereocenters. The average molecular weight is 219 g/mol. The van der Waals surface area contributed by atoms with Gasteiger partial charge >= 0.3 is 5.97 Å². The average Bonchev–Trinajstić information content (AvgIpc) is 2.58. The maximum Gasteiger partial charge on any atom is 0.335 e. The van der Waals surface area contributed by atoms with Gasteiger partial charge < -0.3 is 5.11 Å². The normalized spacial score (nSPS) is 10.3. The third-order valence-corrected chi connectivity index (χ3v) is 2.07. The van der Waals surface area contributed by atoms with E-state index < -0.39 is 5.97 Å². The third kappa shape index (κ3) is 1.72. The summed E-state index contributed by atoms with van der Waals surface area (Å²) in [7, 11) is 0. The molecule has 2 aromatic heterocycles. The Morgan fingerprint density at radius 1 is 1.50 bits per heavy atom. The summed E-state index contributed by atoms with van der Waals surface area (Å²) in [6.45, 7) is 1.74. The fraction of sp³-hybridized carbons (Fsp3) is 0.100. The van der Waals surface area contributed by atoms with Crippen molar-refractivity contribution in [2.24, 2.45) is 0 Å². The molecule has 6 heteroatoms. The van der Waals surface area contributed by atoms with Crippen LogP contribution in [-0.4, -0.2) is 25.8 Å². The number of rotatable bonds is 2. The van der Waals surface area contributed by atoms with Crippen molar-refractivity contribution in [3.63, 3.8) is 0 Å². The molecule has 2 N–H and O–H groups in total. The van der Waals surface area contributed by atoms with Crippen molar-refractivity contribution < 1.29 is 9.90 Å². The highest BCUT2D eigenvalue weighted by Crippen LogP contribution is 2.04. The molecule has 2 heterocycles. The number of aromatic amines is 1. The van der Waals surface area contributed by atoms with E-state index in [1.165, 1.54) is 29.1 Å². The van der Waals surface area contributed by atoms with E-state index in [-0.39, 0.29) is 16.9 Å². The second kappa shape index (κ2) is 3.65. The Labute approximate surface area is 90.2 Å². The minimum Gasteiger partial charge on any atom is -0.478 e. The molecule has 0 aliphatic rings. The topological polar surface area (TPSA) is 88.0 Å². The van der Waals surface area contributed by atoms with Crippen molar-refractivity contribution in [1.29, 1.82) is 0 Å². The van der Waals surface area contributed by atoms with E-state index in [1.54, 1.807) is 6.92 Å². The zero-order valence-corrected chi connectivity index (χ0v) is 8.47. The molecule has 0 saturated heterocycles. The number of hydrogen-bond donors (Lipinski definition) is 2. The molecule has 0 bridgehead atoms. The zero-order chi connectivity index (χ0) is 11.7. The van der Waals surface area contributed by atoms with Crippen LogP contribution in [-0.2, 0) is 0 Å². The molecule has 6 nitrogen and oxygen atoms in total. The first kappa shape index (κ1) is 10.2. The molecule has 0 aliphatic heterocycles. The smallest absolute Gasteiger partial charge is 0.335 e. The Morgan fingerprint density at radius 2 is 2.25 bits per heavy atom. The summed E-state index contributed by atoms with van der Waals surface area (Å²) in [4.78, 5) is 26.1. The molecule has 0 aliphatic carbocycles. The quantitative estimate of drug-likeness (QED) is 0.772. The minimum absolute atomic E-state index is 0.0872. The number of H-pyrrole nitrogens is 1. The molecule has 0 atom stereocenters. The molecule has 16 heavy (non-hydrogen) atoms. The Bertz CT molecular complexity index is 597. The predicted molar refractivity (Wildman–Crippen MR) is 55.9 cm³/mol. The number of nitrogens with one attached hydrogen (secondary N) is 1. The maximum atomic E-state index is 11.5. The molecule has 2 rings (SSSR count). The highest BCUT2D eigenvalue weighted by atomic mass is 16.4. The number of carboxylic acid groups (broad SMARTS) is 1. The van der Waals surface area contributed by atoms with Crippen LogP contribution in [0.4, 0.5) is 0 Å². The summed E-state index contributed by atoms with van der Waals surface area (Å²) in [5.41, 5.74) is 0.504. The highest BCUT2D eigenvalue weighted by Gasteiger charge is 2.07. The second-order valence-electron chi connectivity index (χ2n) is 3.32. The second-order valence-corrected chi connectivity index (χ2v) is 3.32. The first-order chi connectivity index (χ1) is 7.58. The molecule has 0 saturated carbocycles. The van der Waals surface area contributed by atoms with Crippen molar-refractivity contribution in [2.75, 3.05) is 0 Å². The lowest BCUT2D eigenvalue weighted by molar-refractivity contribution is 0.0696. The van der Waals surface area contributed by atoms with Gasteiger partial charge in [-0.15, -0.1) is 0 Å². The van der Waals surface area contributed by atoms with Gasteiger partial charge in [0.15, 0.2) is 5.82 Å². The Balaban J connectivity index is 2.56. The number of aromatic carboxylic acids is 1.